The summed E-state index contributed by atoms with van der Waals surface area (Å²) in [6, 6.07) is 9.77. The topological polar surface area (TPSA) is 106 Å². The lowest BCUT2D eigenvalue weighted by Gasteiger charge is -2.36. The third-order valence-electron chi connectivity index (χ3n) is 5.16. The number of nitrogens with zero attached hydrogens (tertiary/aromatic N) is 4. The van der Waals surface area contributed by atoms with Crippen molar-refractivity contribution in [1.82, 2.24) is 25.2 Å². The van der Waals surface area contributed by atoms with Crippen LogP contribution in [0.5, 0.6) is 0 Å². The van der Waals surface area contributed by atoms with Crippen LogP contribution in [0.4, 0.5) is 0 Å². The van der Waals surface area contributed by atoms with Crippen LogP contribution in [0, 0.1) is 6.92 Å². The highest BCUT2D eigenvalue weighted by Gasteiger charge is 2.28. The van der Waals surface area contributed by atoms with Crippen molar-refractivity contribution in [3.63, 3.8) is 0 Å². The van der Waals surface area contributed by atoms with Gasteiger partial charge in [-0.3, -0.25) is 9.59 Å². The molecule has 0 bridgehead atoms. The van der Waals surface area contributed by atoms with E-state index >= 15 is 0 Å². The maximum atomic E-state index is 13.0. The van der Waals surface area contributed by atoms with E-state index in [-0.39, 0.29) is 24.3 Å². The summed E-state index contributed by atoms with van der Waals surface area (Å²) in [6.45, 7) is 3.44. The summed E-state index contributed by atoms with van der Waals surface area (Å²) >= 11 is 0. The molecule has 1 fully saturated rings. The molecule has 1 unspecified atom stereocenters. The normalized spacial score (nSPS) is 16.8. The van der Waals surface area contributed by atoms with Crippen molar-refractivity contribution in [3.8, 4) is 5.69 Å². The molecule has 0 saturated carbocycles. The number of nitrogens with one attached hydrogen (secondary N) is 1. The minimum absolute atomic E-state index is 0.0208. The maximum Gasteiger partial charge on any atom is 0.229 e. The van der Waals surface area contributed by atoms with Gasteiger partial charge in [0.2, 0.25) is 11.8 Å². The number of piperidine rings is 1. The number of carbonyl (C=O) groups is 2. The number of carbonyl (C=O) groups excluding carboxylic acids is 2. The number of para-hydroxylation sites is 1. The van der Waals surface area contributed by atoms with E-state index in [4.69, 9.17) is 5.73 Å². The first-order valence-corrected chi connectivity index (χ1v) is 9.83. The molecule has 1 aliphatic heterocycles. The monoisotopic (exact) mass is 384 g/mol. The molecule has 0 radical (unpaired) electrons. The Bertz CT molecular complexity index is 804. The number of aromatic nitrogens is 3. The largest absolute Gasteiger partial charge is 0.354 e. The molecular weight excluding hydrogens is 356 g/mol. The van der Waals surface area contributed by atoms with E-state index in [1.807, 2.05) is 42.2 Å². The summed E-state index contributed by atoms with van der Waals surface area (Å²) in [7, 11) is 0. The Morgan fingerprint density at radius 2 is 2.04 bits per heavy atom. The van der Waals surface area contributed by atoms with Gasteiger partial charge in [-0.15, -0.1) is 5.10 Å². The lowest BCUT2D eigenvalue weighted by molar-refractivity contribution is -0.134. The van der Waals surface area contributed by atoms with Gasteiger partial charge in [-0.25, -0.2) is 4.68 Å². The van der Waals surface area contributed by atoms with Gasteiger partial charge in [0.1, 0.15) is 0 Å². The average molecular weight is 384 g/mol. The van der Waals surface area contributed by atoms with Gasteiger partial charge in [0.15, 0.2) is 0 Å². The van der Waals surface area contributed by atoms with E-state index in [0.29, 0.717) is 31.7 Å². The van der Waals surface area contributed by atoms with Crippen LogP contribution >= 0.6 is 0 Å². The lowest BCUT2D eigenvalue weighted by Crippen LogP contribution is -2.50. The first kappa shape index (κ1) is 20.0. The average Bonchev–Trinajstić information content (AvgIpc) is 3.07. The fourth-order valence-corrected chi connectivity index (χ4v) is 3.58. The highest BCUT2D eigenvalue weighted by atomic mass is 16.2. The summed E-state index contributed by atoms with van der Waals surface area (Å²) in [5.74, 6) is -0.0388. The summed E-state index contributed by atoms with van der Waals surface area (Å²) in [4.78, 5) is 26.6. The summed E-state index contributed by atoms with van der Waals surface area (Å²) in [6.07, 6.45) is 3.46. The second-order valence-electron chi connectivity index (χ2n) is 7.13. The first-order valence-electron chi connectivity index (χ1n) is 9.83. The van der Waals surface area contributed by atoms with Crippen molar-refractivity contribution in [2.24, 2.45) is 5.73 Å². The van der Waals surface area contributed by atoms with Crippen molar-refractivity contribution in [3.05, 3.63) is 41.7 Å². The van der Waals surface area contributed by atoms with E-state index in [0.717, 1.165) is 30.6 Å². The Kier molecular flexibility index (Phi) is 6.76. The van der Waals surface area contributed by atoms with Gasteiger partial charge in [-0.1, -0.05) is 23.4 Å². The van der Waals surface area contributed by atoms with Crippen molar-refractivity contribution in [2.45, 2.75) is 45.1 Å². The van der Waals surface area contributed by atoms with E-state index in [2.05, 4.69) is 15.6 Å². The number of nitrogens with two attached hydrogens (primary N) is 1. The molecule has 3 rings (SSSR count). The molecule has 2 aromatic rings. The molecule has 3 N–H and O–H groups in total. The van der Waals surface area contributed by atoms with Gasteiger partial charge in [0, 0.05) is 32.1 Å². The minimum Gasteiger partial charge on any atom is -0.354 e. The number of amides is 2. The molecule has 1 atom stereocenters. The van der Waals surface area contributed by atoms with Crippen LogP contribution in [-0.2, 0) is 16.0 Å². The van der Waals surface area contributed by atoms with E-state index in [1.54, 1.807) is 4.68 Å². The molecule has 8 heteroatoms. The molecule has 1 aromatic heterocycles. The quantitative estimate of drug-likeness (QED) is 0.740. The second kappa shape index (κ2) is 9.45. The number of likely N-dealkylation sites (tertiary alicyclic amines) is 1. The van der Waals surface area contributed by atoms with E-state index < -0.39 is 0 Å². The Balaban J connectivity index is 1.66. The lowest BCUT2D eigenvalue weighted by atomic mass is 10.0. The molecule has 28 heavy (non-hydrogen) atoms. The van der Waals surface area contributed by atoms with Crippen molar-refractivity contribution in [2.75, 3.05) is 19.6 Å². The molecule has 1 aliphatic rings. The van der Waals surface area contributed by atoms with Crippen molar-refractivity contribution in [1.29, 1.82) is 0 Å². The number of hydrogen-bond donors (Lipinski definition) is 2. The molecule has 2 heterocycles. The molecule has 150 valence electrons. The Morgan fingerprint density at radius 3 is 2.79 bits per heavy atom. The summed E-state index contributed by atoms with van der Waals surface area (Å²) in [5.41, 5.74) is 7.89. The van der Waals surface area contributed by atoms with Gasteiger partial charge in [-0.2, -0.15) is 0 Å². The molecule has 0 spiro atoms. The predicted octanol–water partition coefficient (Wildman–Crippen LogP) is 0.964. The zero-order chi connectivity index (χ0) is 19.9. The van der Waals surface area contributed by atoms with Gasteiger partial charge < -0.3 is 16.0 Å². The first-order chi connectivity index (χ1) is 13.6. The second-order valence-corrected chi connectivity index (χ2v) is 7.13. The van der Waals surface area contributed by atoms with E-state index in [1.165, 1.54) is 0 Å². The number of benzene rings is 1. The standard InChI is InChI=1S/C20H28N6O2/c1-15-18(23-24-26(15)16-7-3-2-4-8-16)13-20(28)25-12-6-5-9-17(25)14-22-19(27)10-11-21/h2-4,7-8,17H,5-6,9-14,21H2,1H3,(H,22,27). The van der Waals surface area contributed by atoms with Gasteiger partial charge in [-0.05, 0) is 38.3 Å². The van der Waals surface area contributed by atoms with E-state index in [9.17, 15) is 9.59 Å². The van der Waals surface area contributed by atoms with Crippen molar-refractivity contribution >= 4 is 11.8 Å². The van der Waals surface area contributed by atoms with Gasteiger partial charge >= 0.3 is 0 Å². The van der Waals surface area contributed by atoms with Crippen molar-refractivity contribution < 1.29 is 9.59 Å². The fourth-order valence-electron chi connectivity index (χ4n) is 3.58. The third-order valence-corrected chi connectivity index (χ3v) is 5.16. The van der Waals surface area contributed by atoms with Gasteiger partial charge in [0.05, 0.1) is 23.5 Å². The van der Waals surface area contributed by atoms with Crippen LogP contribution in [0.2, 0.25) is 0 Å². The van der Waals surface area contributed by atoms with Crippen LogP contribution in [0.25, 0.3) is 5.69 Å². The molecule has 1 saturated heterocycles. The zero-order valence-corrected chi connectivity index (χ0v) is 16.3. The summed E-state index contributed by atoms with van der Waals surface area (Å²) in [5, 5.41) is 11.3. The molecule has 8 nitrogen and oxygen atoms in total. The van der Waals surface area contributed by atoms with Crippen LogP contribution in [0.15, 0.2) is 30.3 Å². The molecule has 2 amide bonds. The van der Waals surface area contributed by atoms with Crippen LogP contribution < -0.4 is 11.1 Å². The highest BCUT2D eigenvalue weighted by molar-refractivity contribution is 5.79. The minimum atomic E-state index is -0.0675. The maximum absolute atomic E-state index is 13.0. The summed E-state index contributed by atoms with van der Waals surface area (Å²) < 4.78 is 1.75. The number of rotatable bonds is 7. The Morgan fingerprint density at radius 1 is 1.25 bits per heavy atom. The Hall–Kier alpha value is -2.74. The molecule has 0 aliphatic carbocycles. The van der Waals surface area contributed by atoms with Gasteiger partial charge in [0.25, 0.3) is 0 Å². The van der Waals surface area contributed by atoms with Crippen LogP contribution in [0.1, 0.15) is 37.1 Å². The zero-order valence-electron chi connectivity index (χ0n) is 16.3. The SMILES string of the molecule is Cc1c(CC(=O)N2CCCCC2CNC(=O)CCN)nnn1-c1ccccc1. The van der Waals surface area contributed by atoms with Crippen LogP contribution in [0.3, 0.4) is 0 Å². The fraction of sp³-hybridized carbons (Fsp3) is 0.500. The molecular formula is C20H28N6O2. The van der Waals surface area contributed by atoms with Crippen LogP contribution in [-0.4, -0.2) is 57.4 Å². The molecule has 1 aromatic carbocycles. The smallest absolute Gasteiger partial charge is 0.229 e. The highest BCUT2D eigenvalue weighted by Crippen LogP contribution is 2.19. The number of hydrogen-bond acceptors (Lipinski definition) is 5. The predicted molar refractivity (Wildman–Crippen MR) is 106 cm³/mol. The third kappa shape index (κ3) is 4.75. The Labute approximate surface area is 165 Å².